The quantitative estimate of drug-likeness (QED) is 0.731. The Morgan fingerprint density at radius 2 is 1.83 bits per heavy atom. The van der Waals surface area contributed by atoms with Crippen LogP contribution in [0.25, 0.3) is 0 Å². The second kappa shape index (κ2) is 9.22. The van der Waals surface area contributed by atoms with Crippen LogP contribution in [0.4, 0.5) is 5.82 Å². The van der Waals surface area contributed by atoms with Gasteiger partial charge in [0.2, 0.25) is 5.91 Å². The summed E-state index contributed by atoms with van der Waals surface area (Å²) in [4.78, 5) is 28.9. The number of carbonyl (C=O) groups is 2. The number of fused-ring (bicyclic) bond motifs is 1. The van der Waals surface area contributed by atoms with Crippen molar-refractivity contribution in [2.24, 2.45) is 0 Å². The van der Waals surface area contributed by atoms with Gasteiger partial charge in [0.1, 0.15) is 5.82 Å². The van der Waals surface area contributed by atoms with E-state index >= 15 is 0 Å². The number of anilines is 1. The number of nitrogens with zero attached hydrogens (tertiary/aromatic N) is 4. The first-order valence-electron chi connectivity index (χ1n) is 10.6. The molecular weight excluding hydrogens is 366 g/mol. The number of amides is 2. The molecule has 3 heterocycles. The number of aryl methyl sites for hydroxylation is 1. The van der Waals surface area contributed by atoms with E-state index < -0.39 is 0 Å². The Labute approximate surface area is 171 Å². The van der Waals surface area contributed by atoms with Gasteiger partial charge in [0.25, 0.3) is 5.91 Å². The number of benzene rings is 1. The van der Waals surface area contributed by atoms with Crippen LogP contribution < -0.4 is 10.2 Å². The number of likely N-dealkylation sites (tertiary alicyclic amines) is 1. The molecule has 1 fully saturated rings. The largest absolute Gasteiger partial charge is 0.352 e. The summed E-state index contributed by atoms with van der Waals surface area (Å²) in [7, 11) is 0. The molecule has 0 saturated carbocycles. The summed E-state index contributed by atoms with van der Waals surface area (Å²) in [5.74, 6) is 0.896. The lowest BCUT2D eigenvalue weighted by molar-refractivity contribution is -0.119. The molecule has 7 nitrogen and oxygen atoms in total. The number of hydrogen-bond donors (Lipinski definition) is 1. The maximum absolute atomic E-state index is 12.4. The van der Waals surface area contributed by atoms with Crippen LogP contribution in [-0.2, 0) is 17.9 Å². The van der Waals surface area contributed by atoms with Crippen LogP contribution in [0.15, 0.2) is 36.5 Å². The van der Waals surface area contributed by atoms with E-state index in [1.807, 2.05) is 35.0 Å². The molecule has 154 valence electrons. The zero-order valence-corrected chi connectivity index (χ0v) is 16.8. The molecule has 7 heteroatoms. The van der Waals surface area contributed by atoms with Crippen LogP contribution in [-0.4, -0.2) is 52.7 Å². The molecule has 1 aromatic carbocycles. The fourth-order valence-corrected chi connectivity index (χ4v) is 4.09. The van der Waals surface area contributed by atoms with Gasteiger partial charge in [-0.05, 0) is 56.6 Å². The van der Waals surface area contributed by atoms with Crippen LogP contribution in [0.3, 0.4) is 0 Å². The average molecular weight is 396 g/mol. The fourth-order valence-electron chi connectivity index (χ4n) is 4.09. The second-order valence-corrected chi connectivity index (χ2v) is 7.85. The van der Waals surface area contributed by atoms with E-state index in [1.54, 1.807) is 11.1 Å². The molecule has 0 atom stereocenters. The van der Waals surface area contributed by atoms with Crippen molar-refractivity contribution in [2.45, 2.75) is 45.2 Å². The minimum atomic E-state index is -0.0395. The highest BCUT2D eigenvalue weighted by molar-refractivity contribution is 5.95. The molecule has 0 bridgehead atoms. The normalized spacial score (nSPS) is 17.2. The summed E-state index contributed by atoms with van der Waals surface area (Å²) in [5, 5.41) is 7.27. The number of nitrogens with one attached hydrogen (secondary N) is 1. The van der Waals surface area contributed by atoms with Gasteiger partial charge in [-0.25, -0.2) is 4.68 Å². The number of hydrogen-bond acceptors (Lipinski definition) is 4. The zero-order valence-electron chi connectivity index (χ0n) is 16.8. The summed E-state index contributed by atoms with van der Waals surface area (Å²) in [5.41, 5.74) is 1.65. The van der Waals surface area contributed by atoms with Crippen molar-refractivity contribution in [3.63, 3.8) is 0 Å². The van der Waals surface area contributed by atoms with E-state index in [-0.39, 0.29) is 11.8 Å². The lowest BCUT2D eigenvalue weighted by Crippen LogP contribution is -2.36. The van der Waals surface area contributed by atoms with Crippen molar-refractivity contribution in [1.29, 1.82) is 0 Å². The van der Waals surface area contributed by atoms with Crippen LogP contribution in [0.5, 0.6) is 0 Å². The van der Waals surface area contributed by atoms with Gasteiger partial charge in [0.05, 0.1) is 19.3 Å². The van der Waals surface area contributed by atoms with Crippen LogP contribution >= 0.6 is 0 Å². The summed E-state index contributed by atoms with van der Waals surface area (Å²) in [6.45, 7) is 5.26. The lowest BCUT2D eigenvalue weighted by Gasteiger charge is -2.27. The molecule has 29 heavy (non-hydrogen) atoms. The number of aromatic nitrogens is 2. The van der Waals surface area contributed by atoms with Gasteiger partial charge < -0.3 is 10.2 Å². The van der Waals surface area contributed by atoms with Gasteiger partial charge >= 0.3 is 0 Å². The molecule has 4 rings (SSSR count). The minimum absolute atomic E-state index is 0.0395. The van der Waals surface area contributed by atoms with Crippen molar-refractivity contribution in [3.8, 4) is 0 Å². The lowest BCUT2D eigenvalue weighted by atomic mass is 10.1. The predicted octanol–water partition coefficient (Wildman–Crippen LogP) is 2.43. The van der Waals surface area contributed by atoms with E-state index in [0.29, 0.717) is 31.6 Å². The molecule has 2 aliphatic heterocycles. The second-order valence-electron chi connectivity index (χ2n) is 7.85. The van der Waals surface area contributed by atoms with Crippen molar-refractivity contribution >= 4 is 17.6 Å². The fraction of sp³-hybridized carbons (Fsp3) is 0.500. The summed E-state index contributed by atoms with van der Waals surface area (Å²) >= 11 is 0. The van der Waals surface area contributed by atoms with Gasteiger partial charge in [0.15, 0.2) is 0 Å². The van der Waals surface area contributed by atoms with Gasteiger partial charge in [0, 0.05) is 24.6 Å². The molecule has 0 radical (unpaired) electrons. The highest BCUT2D eigenvalue weighted by atomic mass is 16.2. The van der Waals surface area contributed by atoms with Crippen molar-refractivity contribution < 1.29 is 9.59 Å². The molecule has 0 aliphatic carbocycles. The number of rotatable bonds is 7. The standard InChI is InChI=1S/C22H29N5O2/c28-21-10-16-27-20(9-12-24-27)26(21)17-18-5-7-19(8-6-18)22(29)23-11-4-15-25-13-2-1-3-14-25/h5-9,12H,1-4,10-11,13-17H2,(H,23,29). The molecule has 0 spiro atoms. The predicted molar refractivity (Wildman–Crippen MR) is 112 cm³/mol. The van der Waals surface area contributed by atoms with Gasteiger partial charge in [-0.2, -0.15) is 5.10 Å². The first kappa shape index (κ1) is 19.6. The van der Waals surface area contributed by atoms with Crippen LogP contribution in [0.1, 0.15) is 48.0 Å². The Morgan fingerprint density at radius 1 is 1.03 bits per heavy atom. The van der Waals surface area contributed by atoms with E-state index in [1.165, 1.54) is 32.4 Å². The van der Waals surface area contributed by atoms with E-state index in [4.69, 9.17) is 0 Å². The SMILES string of the molecule is O=C(NCCCN1CCCCC1)c1ccc(CN2C(=O)CCn3nccc32)cc1. The molecule has 1 aromatic heterocycles. The minimum Gasteiger partial charge on any atom is -0.352 e. The van der Waals surface area contributed by atoms with Gasteiger partial charge in [-0.1, -0.05) is 18.6 Å². The summed E-state index contributed by atoms with van der Waals surface area (Å²) in [6.07, 6.45) is 7.10. The Hall–Kier alpha value is -2.67. The maximum atomic E-state index is 12.4. The average Bonchev–Trinajstić information content (AvgIpc) is 3.23. The number of carbonyl (C=O) groups excluding carboxylic acids is 2. The highest BCUT2D eigenvalue weighted by Crippen LogP contribution is 2.23. The molecule has 2 aliphatic rings. The molecular formula is C22H29N5O2. The van der Waals surface area contributed by atoms with Crippen LogP contribution in [0, 0.1) is 0 Å². The van der Waals surface area contributed by atoms with Gasteiger partial charge in [-0.3, -0.25) is 14.5 Å². The first-order chi connectivity index (χ1) is 14.2. The third-order valence-electron chi connectivity index (χ3n) is 5.75. The van der Waals surface area contributed by atoms with E-state index in [0.717, 1.165) is 24.3 Å². The molecule has 1 N–H and O–H groups in total. The molecule has 2 aromatic rings. The Bertz CT molecular complexity index is 839. The first-order valence-corrected chi connectivity index (χ1v) is 10.6. The third kappa shape index (κ3) is 4.85. The Kier molecular flexibility index (Phi) is 6.24. The van der Waals surface area contributed by atoms with Crippen molar-refractivity contribution in [2.75, 3.05) is 31.1 Å². The van der Waals surface area contributed by atoms with Crippen molar-refractivity contribution in [1.82, 2.24) is 20.0 Å². The monoisotopic (exact) mass is 395 g/mol. The molecule has 2 amide bonds. The molecule has 1 saturated heterocycles. The van der Waals surface area contributed by atoms with Crippen molar-refractivity contribution in [3.05, 3.63) is 47.7 Å². The highest BCUT2D eigenvalue weighted by Gasteiger charge is 2.24. The Morgan fingerprint density at radius 3 is 2.62 bits per heavy atom. The summed E-state index contributed by atoms with van der Waals surface area (Å²) < 4.78 is 1.85. The third-order valence-corrected chi connectivity index (χ3v) is 5.75. The number of piperidine rings is 1. The molecule has 0 unspecified atom stereocenters. The maximum Gasteiger partial charge on any atom is 0.251 e. The smallest absolute Gasteiger partial charge is 0.251 e. The topological polar surface area (TPSA) is 70.5 Å². The van der Waals surface area contributed by atoms with E-state index in [2.05, 4.69) is 15.3 Å². The van der Waals surface area contributed by atoms with Crippen LogP contribution in [0.2, 0.25) is 0 Å². The Balaban J connectivity index is 1.26. The van der Waals surface area contributed by atoms with E-state index in [9.17, 15) is 9.59 Å². The zero-order chi connectivity index (χ0) is 20.1. The summed E-state index contributed by atoms with van der Waals surface area (Å²) in [6, 6.07) is 9.38. The van der Waals surface area contributed by atoms with Gasteiger partial charge in [-0.15, -0.1) is 0 Å².